The Morgan fingerprint density at radius 1 is 1.35 bits per heavy atom. The van der Waals surface area contributed by atoms with Crippen molar-refractivity contribution in [1.29, 1.82) is 0 Å². The van der Waals surface area contributed by atoms with Crippen molar-refractivity contribution < 1.29 is 4.79 Å². The summed E-state index contributed by atoms with van der Waals surface area (Å²) in [4.78, 5) is 15.7. The number of aliphatic imine (C=N–C) groups is 1. The number of carbonyl (C=O) groups excluding carboxylic acids is 1. The van der Waals surface area contributed by atoms with E-state index in [9.17, 15) is 4.79 Å². The number of rotatable bonds is 5. The average Bonchev–Trinajstić information content (AvgIpc) is 2.10. The molecule has 4 nitrogen and oxygen atoms in total. The first kappa shape index (κ1) is 15.8. The second kappa shape index (κ2) is 5.45. The highest BCUT2D eigenvalue weighted by atomic mass is 16.2. The zero-order valence-electron chi connectivity index (χ0n) is 11.6. The predicted molar refractivity (Wildman–Crippen MR) is 72.7 cm³/mol. The van der Waals surface area contributed by atoms with Gasteiger partial charge in [0.15, 0.2) is 0 Å². The van der Waals surface area contributed by atoms with Crippen LogP contribution in [0.3, 0.4) is 0 Å². The first-order valence-electron chi connectivity index (χ1n) is 5.73. The van der Waals surface area contributed by atoms with Crippen molar-refractivity contribution in [2.75, 3.05) is 0 Å². The van der Waals surface area contributed by atoms with Gasteiger partial charge in [0.05, 0.1) is 5.92 Å². The van der Waals surface area contributed by atoms with Gasteiger partial charge in [0.25, 0.3) is 0 Å². The number of carbonyl (C=O) groups is 1. The number of hydrogen-bond acceptors (Lipinski definition) is 3. The Balaban J connectivity index is 4.88. The van der Waals surface area contributed by atoms with E-state index in [0.29, 0.717) is 6.42 Å². The van der Waals surface area contributed by atoms with Crippen molar-refractivity contribution in [2.45, 2.75) is 46.6 Å². The monoisotopic (exact) mass is 239 g/mol. The van der Waals surface area contributed by atoms with Crippen LogP contribution in [0, 0.1) is 11.3 Å². The summed E-state index contributed by atoms with van der Waals surface area (Å²) in [5.74, 6) is -0.177. The van der Waals surface area contributed by atoms with Crippen molar-refractivity contribution in [1.82, 2.24) is 5.32 Å². The molecule has 0 radical (unpaired) electrons. The van der Waals surface area contributed by atoms with Crippen molar-refractivity contribution >= 4 is 12.6 Å². The molecule has 1 atom stereocenters. The standard InChI is InChI=1S/C13H25N3O/c1-9(15-7)16-11(17)10(13(5,6)14)8-12(2,3)4/h10H,1,7-8,14H2,2-6H3,(H,16,17). The number of nitrogens with one attached hydrogen (secondary N) is 1. The van der Waals surface area contributed by atoms with E-state index in [1.165, 1.54) is 0 Å². The summed E-state index contributed by atoms with van der Waals surface area (Å²) >= 11 is 0. The molecule has 1 unspecified atom stereocenters. The highest BCUT2D eigenvalue weighted by Gasteiger charge is 2.35. The summed E-state index contributed by atoms with van der Waals surface area (Å²) in [5, 5.41) is 2.62. The zero-order chi connectivity index (χ0) is 13.9. The molecule has 4 heteroatoms. The second-order valence-corrected chi connectivity index (χ2v) is 6.23. The molecule has 0 aliphatic rings. The maximum Gasteiger partial charge on any atom is 0.230 e. The minimum absolute atomic E-state index is 0.0294. The van der Waals surface area contributed by atoms with Crippen LogP contribution >= 0.6 is 0 Å². The summed E-state index contributed by atoms with van der Waals surface area (Å²) in [5.41, 5.74) is 5.51. The molecule has 0 aliphatic carbocycles. The van der Waals surface area contributed by atoms with Crippen LogP contribution in [0.1, 0.15) is 41.0 Å². The van der Waals surface area contributed by atoms with Gasteiger partial charge in [-0.1, -0.05) is 27.4 Å². The Morgan fingerprint density at radius 2 is 1.82 bits per heavy atom. The third kappa shape index (κ3) is 6.22. The van der Waals surface area contributed by atoms with E-state index < -0.39 is 5.54 Å². The van der Waals surface area contributed by atoms with Crippen molar-refractivity contribution in [2.24, 2.45) is 22.1 Å². The van der Waals surface area contributed by atoms with Gasteiger partial charge >= 0.3 is 0 Å². The van der Waals surface area contributed by atoms with E-state index in [0.717, 1.165) is 0 Å². The van der Waals surface area contributed by atoms with Crippen molar-refractivity contribution in [3.05, 3.63) is 12.4 Å². The molecule has 0 fully saturated rings. The molecule has 0 aromatic carbocycles. The predicted octanol–water partition coefficient (Wildman–Crippen LogP) is 2.06. The number of hydrogen-bond donors (Lipinski definition) is 2. The summed E-state index contributed by atoms with van der Waals surface area (Å²) in [6, 6.07) is 0. The Hall–Kier alpha value is -1.16. The van der Waals surface area contributed by atoms with Crippen LogP contribution in [0.5, 0.6) is 0 Å². The quantitative estimate of drug-likeness (QED) is 0.721. The van der Waals surface area contributed by atoms with Crippen LogP contribution in [-0.2, 0) is 4.79 Å². The molecule has 98 valence electrons. The number of amides is 1. The zero-order valence-corrected chi connectivity index (χ0v) is 11.6. The van der Waals surface area contributed by atoms with E-state index >= 15 is 0 Å². The van der Waals surface area contributed by atoms with E-state index in [-0.39, 0.29) is 23.1 Å². The molecule has 0 aliphatic heterocycles. The molecule has 0 rings (SSSR count). The molecule has 0 aromatic heterocycles. The molecule has 0 saturated heterocycles. The normalized spacial score (nSPS) is 14.0. The third-order valence-electron chi connectivity index (χ3n) is 2.49. The molecule has 0 heterocycles. The summed E-state index contributed by atoms with van der Waals surface area (Å²) in [6.45, 7) is 16.8. The van der Waals surface area contributed by atoms with Crippen LogP contribution in [0.2, 0.25) is 0 Å². The lowest BCUT2D eigenvalue weighted by molar-refractivity contribution is -0.127. The van der Waals surface area contributed by atoms with Crippen molar-refractivity contribution in [3.63, 3.8) is 0 Å². The number of nitrogens with zero attached hydrogens (tertiary/aromatic N) is 1. The summed E-state index contributed by atoms with van der Waals surface area (Å²) in [6.07, 6.45) is 0.701. The topological polar surface area (TPSA) is 67.5 Å². The van der Waals surface area contributed by atoms with Gasteiger partial charge in [0.2, 0.25) is 5.91 Å². The molecular formula is C13H25N3O. The molecule has 3 N–H and O–H groups in total. The van der Waals surface area contributed by atoms with Gasteiger partial charge in [-0.3, -0.25) is 4.79 Å². The van der Waals surface area contributed by atoms with Gasteiger partial charge in [-0.05, 0) is 32.4 Å². The lowest BCUT2D eigenvalue weighted by Gasteiger charge is -2.34. The Morgan fingerprint density at radius 3 is 2.12 bits per heavy atom. The fourth-order valence-corrected chi connectivity index (χ4v) is 1.57. The highest BCUT2D eigenvalue weighted by molar-refractivity contribution is 5.81. The lowest BCUT2D eigenvalue weighted by Crippen LogP contribution is -2.50. The molecule has 0 aromatic rings. The lowest BCUT2D eigenvalue weighted by atomic mass is 9.76. The Labute approximate surface area is 104 Å². The summed E-state index contributed by atoms with van der Waals surface area (Å²) in [7, 11) is 0. The van der Waals surface area contributed by atoms with E-state index in [2.05, 4.69) is 44.4 Å². The first-order chi connectivity index (χ1) is 7.47. The smallest absolute Gasteiger partial charge is 0.230 e. The first-order valence-corrected chi connectivity index (χ1v) is 5.73. The van der Waals surface area contributed by atoms with Crippen LogP contribution < -0.4 is 11.1 Å². The second-order valence-electron chi connectivity index (χ2n) is 6.23. The fraction of sp³-hybridized carbons (Fsp3) is 0.692. The Bertz CT molecular complexity index is 308. The average molecular weight is 239 g/mol. The molecule has 0 saturated carbocycles. The minimum Gasteiger partial charge on any atom is -0.325 e. The van der Waals surface area contributed by atoms with E-state index in [1.54, 1.807) is 0 Å². The van der Waals surface area contributed by atoms with Gasteiger partial charge < -0.3 is 11.1 Å². The van der Waals surface area contributed by atoms with Gasteiger partial charge in [-0.25, -0.2) is 4.99 Å². The summed E-state index contributed by atoms with van der Waals surface area (Å²) < 4.78 is 0. The van der Waals surface area contributed by atoms with Crippen LogP contribution in [0.4, 0.5) is 0 Å². The van der Waals surface area contributed by atoms with Gasteiger partial charge in [0.1, 0.15) is 5.82 Å². The number of nitrogens with two attached hydrogens (primary N) is 1. The van der Waals surface area contributed by atoms with Crippen LogP contribution in [-0.4, -0.2) is 18.2 Å². The maximum atomic E-state index is 12.1. The van der Waals surface area contributed by atoms with Gasteiger partial charge in [-0.15, -0.1) is 0 Å². The molecule has 1 amide bonds. The molecule has 0 bridgehead atoms. The molecule has 17 heavy (non-hydrogen) atoms. The fourth-order valence-electron chi connectivity index (χ4n) is 1.57. The highest BCUT2D eigenvalue weighted by Crippen LogP contribution is 2.30. The maximum absolute atomic E-state index is 12.1. The van der Waals surface area contributed by atoms with Gasteiger partial charge in [0, 0.05) is 5.54 Å². The van der Waals surface area contributed by atoms with Crippen LogP contribution in [0.25, 0.3) is 0 Å². The third-order valence-corrected chi connectivity index (χ3v) is 2.49. The Kier molecular flexibility index (Phi) is 5.08. The molecular weight excluding hydrogens is 214 g/mol. The van der Waals surface area contributed by atoms with Crippen molar-refractivity contribution in [3.8, 4) is 0 Å². The van der Waals surface area contributed by atoms with E-state index in [1.807, 2.05) is 13.8 Å². The molecule has 0 spiro atoms. The van der Waals surface area contributed by atoms with Crippen LogP contribution in [0.15, 0.2) is 17.4 Å². The SMILES string of the molecule is C=NC(=C)NC(=O)C(CC(C)(C)C)C(C)(C)N. The minimum atomic E-state index is -0.585. The largest absolute Gasteiger partial charge is 0.325 e. The van der Waals surface area contributed by atoms with E-state index in [4.69, 9.17) is 5.73 Å². The van der Waals surface area contributed by atoms with Gasteiger partial charge in [-0.2, -0.15) is 0 Å².